The van der Waals surface area contributed by atoms with Crippen LogP contribution in [0.3, 0.4) is 0 Å². The summed E-state index contributed by atoms with van der Waals surface area (Å²) in [5.41, 5.74) is 7.63. The first kappa shape index (κ1) is 18.1. The first-order valence-corrected chi connectivity index (χ1v) is 8.37. The minimum Gasteiger partial charge on any atom is -0.492 e. The lowest BCUT2D eigenvalue weighted by Gasteiger charge is -2.15. The number of hydrogen-bond acceptors (Lipinski definition) is 5. The van der Waals surface area contributed by atoms with Crippen LogP contribution in [0.2, 0.25) is 10.0 Å². The summed E-state index contributed by atoms with van der Waals surface area (Å²) in [6.07, 6.45) is 1.39. The smallest absolute Gasteiger partial charge is 0.166 e. The van der Waals surface area contributed by atoms with Crippen LogP contribution in [-0.4, -0.2) is 11.6 Å². The van der Waals surface area contributed by atoms with Crippen LogP contribution in [0, 0.1) is 17.1 Å². The van der Waals surface area contributed by atoms with E-state index in [4.69, 9.17) is 33.7 Å². The summed E-state index contributed by atoms with van der Waals surface area (Å²) in [4.78, 5) is 4.25. The van der Waals surface area contributed by atoms with Gasteiger partial charge in [-0.05, 0) is 25.1 Å². The van der Waals surface area contributed by atoms with Crippen molar-refractivity contribution in [2.75, 3.05) is 17.7 Å². The molecule has 132 valence electrons. The second-order valence-electron chi connectivity index (χ2n) is 5.35. The number of hydrogen-bond donors (Lipinski definition) is 2. The molecule has 0 aliphatic rings. The third-order valence-corrected chi connectivity index (χ3v) is 4.50. The van der Waals surface area contributed by atoms with Crippen LogP contribution in [0.4, 0.5) is 21.5 Å². The summed E-state index contributed by atoms with van der Waals surface area (Å²) in [6.45, 7) is 2.29. The van der Waals surface area contributed by atoms with Gasteiger partial charge in [-0.2, -0.15) is 5.26 Å². The van der Waals surface area contributed by atoms with Crippen LogP contribution in [0.1, 0.15) is 12.5 Å². The average Bonchev–Trinajstić information content (AvgIpc) is 2.63. The number of ether oxygens (including phenoxy) is 1. The van der Waals surface area contributed by atoms with E-state index >= 15 is 0 Å². The minimum absolute atomic E-state index is 0.0795. The van der Waals surface area contributed by atoms with Crippen molar-refractivity contribution in [2.24, 2.45) is 0 Å². The van der Waals surface area contributed by atoms with Crippen molar-refractivity contribution >= 4 is 51.2 Å². The predicted molar refractivity (Wildman–Crippen MR) is 102 cm³/mol. The molecule has 5 nitrogen and oxygen atoms in total. The second kappa shape index (κ2) is 7.24. The fourth-order valence-electron chi connectivity index (χ4n) is 2.49. The van der Waals surface area contributed by atoms with E-state index in [-0.39, 0.29) is 21.3 Å². The summed E-state index contributed by atoms with van der Waals surface area (Å²) in [7, 11) is 0. The van der Waals surface area contributed by atoms with Gasteiger partial charge in [0, 0.05) is 17.6 Å². The van der Waals surface area contributed by atoms with Crippen molar-refractivity contribution in [3.63, 3.8) is 0 Å². The second-order valence-corrected chi connectivity index (χ2v) is 6.13. The van der Waals surface area contributed by atoms with E-state index < -0.39 is 5.82 Å². The molecule has 8 heteroatoms. The molecule has 26 heavy (non-hydrogen) atoms. The number of nitrogens with zero attached hydrogens (tertiary/aromatic N) is 2. The highest BCUT2D eigenvalue weighted by Crippen LogP contribution is 2.37. The Hall–Kier alpha value is -2.75. The van der Waals surface area contributed by atoms with Crippen LogP contribution in [0.5, 0.6) is 5.75 Å². The molecule has 1 aromatic heterocycles. The Morgan fingerprint density at radius 1 is 1.35 bits per heavy atom. The van der Waals surface area contributed by atoms with E-state index in [9.17, 15) is 9.65 Å². The summed E-state index contributed by atoms with van der Waals surface area (Å²) >= 11 is 11.7. The number of halogens is 3. The van der Waals surface area contributed by atoms with Crippen LogP contribution < -0.4 is 15.8 Å². The molecule has 0 saturated heterocycles. The summed E-state index contributed by atoms with van der Waals surface area (Å²) < 4.78 is 19.9. The Morgan fingerprint density at radius 2 is 2.12 bits per heavy atom. The molecule has 2 aromatic carbocycles. The predicted octanol–water partition coefficient (Wildman–Crippen LogP) is 5.28. The third kappa shape index (κ3) is 3.19. The maximum absolute atomic E-state index is 14.4. The molecule has 0 spiro atoms. The van der Waals surface area contributed by atoms with Gasteiger partial charge in [0.2, 0.25) is 0 Å². The molecule has 0 bridgehead atoms. The van der Waals surface area contributed by atoms with Crippen LogP contribution in [0.25, 0.3) is 10.9 Å². The van der Waals surface area contributed by atoms with Gasteiger partial charge >= 0.3 is 0 Å². The van der Waals surface area contributed by atoms with Gasteiger partial charge in [0.05, 0.1) is 44.8 Å². The Morgan fingerprint density at radius 3 is 2.81 bits per heavy atom. The molecule has 3 aromatic rings. The van der Waals surface area contributed by atoms with Crippen LogP contribution in [0.15, 0.2) is 30.5 Å². The van der Waals surface area contributed by atoms with E-state index in [1.165, 1.54) is 18.3 Å². The number of pyridine rings is 1. The Bertz CT molecular complexity index is 1050. The number of rotatable bonds is 4. The Balaban J connectivity index is 2.19. The zero-order valence-electron chi connectivity index (χ0n) is 13.6. The normalized spacial score (nSPS) is 10.6. The van der Waals surface area contributed by atoms with Gasteiger partial charge in [-0.15, -0.1) is 0 Å². The van der Waals surface area contributed by atoms with Crippen LogP contribution in [-0.2, 0) is 0 Å². The van der Waals surface area contributed by atoms with E-state index in [0.717, 1.165) is 0 Å². The molecule has 0 radical (unpaired) electrons. The van der Waals surface area contributed by atoms with E-state index in [2.05, 4.69) is 10.3 Å². The van der Waals surface area contributed by atoms with Crippen molar-refractivity contribution in [1.82, 2.24) is 4.98 Å². The molecule has 0 fully saturated rings. The van der Waals surface area contributed by atoms with Crippen molar-refractivity contribution in [1.29, 1.82) is 5.26 Å². The van der Waals surface area contributed by atoms with Gasteiger partial charge < -0.3 is 15.8 Å². The van der Waals surface area contributed by atoms with E-state index in [1.54, 1.807) is 12.1 Å². The van der Waals surface area contributed by atoms with E-state index in [1.807, 2.05) is 13.0 Å². The number of nitrogens with one attached hydrogen (secondary N) is 1. The number of anilines is 3. The fraction of sp³-hybridized carbons (Fsp3) is 0.111. The molecule has 0 aliphatic heterocycles. The number of nitriles is 1. The van der Waals surface area contributed by atoms with Gasteiger partial charge in [-0.1, -0.05) is 23.2 Å². The van der Waals surface area contributed by atoms with Gasteiger partial charge in [0.25, 0.3) is 0 Å². The SMILES string of the molecule is CCOc1cc2ncc(C#N)c(Nc3ccc(Cl)c(Cl)c3F)c2cc1N. The molecule has 3 N–H and O–H groups in total. The van der Waals surface area contributed by atoms with Gasteiger partial charge in [0.1, 0.15) is 11.8 Å². The molecule has 1 heterocycles. The lowest BCUT2D eigenvalue weighted by molar-refractivity contribution is 0.342. The van der Waals surface area contributed by atoms with Gasteiger partial charge in [-0.3, -0.25) is 4.98 Å². The fourth-order valence-corrected chi connectivity index (χ4v) is 2.80. The molecular formula is C18H13Cl2FN4O. The largest absolute Gasteiger partial charge is 0.492 e. The first-order chi connectivity index (χ1) is 12.5. The molecule has 3 rings (SSSR count). The number of fused-ring (bicyclic) bond motifs is 1. The van der Waals surface area contributed by atoms with Crippen molar-refractivity contribution in [2.45, 2.75) is 6.92 Å². The molecule has 0 amide bonds. The summed E-state index contributed by atoms with van der Waals surface area (Å²) in [5.74, 6) is -0.226. The number of nitrogen functional groups attached to an aromatic ring is 1. The number of nitrogens with two attached hydrogens (primary N) is 1. The minimum atomic E-state index is -0.716. The molecule has 0 aliphatic carbocycles. The van der Waals surface area contributed by atoms with Crippen molar-refractivity contribution in [3.05, 3.63) is 51.9 Å². The highest BCUT2D eigenvalue weighted by atomic mass is 35.5. The summed E-state index contributed by atoms with van der Waals surface area (Å²) in [5, 5.41) is 12.8. The van der Waals surface area contributed by atoms with Crippen LogP contribution >= 0.6 is 23.2 Å². The van der Waals surface area contributed by atoms with Gasteiger partial charge in [0.15, 0.2) is 5.82 Å². The standard InChI is InChI=1S/C18H13Cl2FN4O/c1-2-26-15-6-14-10(5-12(15)23)18(9(7-22)8-24-14)25-13-4-3-11(19)16(20)17(13)21/h3-6,8H,2,23H2,1H3,(H,24,25). The zero-order chi connectivity index (χ0) is 18.8. The molecule has 0 saturated carbocycles. The topological polar surface area (TPSA) is 84.0 Å². The maximum Gasteiger partial charge on any atom is 0.166 e. The Kier molecular flexibility index (Phi) is 5.03. The lowest BCUT2D eigenvalue weighted by atomic mass is 10.1. The quantitative estimate of drug-likeness (QED) is 0.467. The third-order valence-electron chi connectivity index (χ3n) is 3.71. The highest BCUT2D eigenvalue weighted by molar-refractivity contribution is 6.42. The van der Waals surface area contributed by atoms with Gasteiger partial charge in [-0.25, -0.2) is 4.39 Å². The molecule has 0 atom stereocenters. The van der Waals surface area contributed by atoms with Crippen molar-refractivity contribution < 1.29 is 9.13 Å². The highest BCUT2D eigenvalue weighted by Gasteiger charge is 2.16. The number of aromatic nitrogens is 1. The molecule has 0 unspecified atom stereocenters. The first-order valence-electron chi connectivity index (χ1n) is 7.61. The van der Waals surface area contributed by atoms with Crippen molar-refractivity contribution in [3.8, 4) is 11.8 Å². The monoisotopic (exact) mass is 390 g/mol. The lowest BCUT2D eigenvalue weighted by Crippen LogP contribution is -2.02. The zero-order valence-corrected chi connectivity index (χ0v) is 15.1. The average molecular weight is 391 g/mol. The Labute approximate surface area is 159 Å². The molecular weight excluding hydrogens is 378 g/mol. The summed E-state index contributed by atoms with van der Waals surface area (Å²) in [6, 6.07) is 8.24. The number of benzene rings is 2. The van der Waals surface area contributed by atoms with E-state index in [0.29, 0.717) is 34.6 Å². The maximum atomic E-state index is 14.4.